The van der Waals surface area contributed by atoms with Crippen molar-refractivity contribution in [1.29, 1.82) is 0 Å². The third-order valence-electron chi connectivity index (χ3n) is 1.31. The molecule has 0 spiro atoms. The predicted molar refractivity (Wildman–Crippen MR) is 54.9 cm³/mol. The first-order valence-corrected chi connectivity index (χ1v) is 4.53. The fraction of sp³-hybridized carbons (Fsp3) is 0.286. The molecule has 0 aliphatic heterocycles. The Balaban J connectivity index is 2.85. The highest BCUT2D eigenvalue weighted by molar-refractivity contribution is 7.09. The van der Waals surface area contributed by atoms with Gasteiger partial charge >= 0.3 is 0 Å². The lowest BCUT2D eigenvalue weighted by atomic mass is 10.3. The number of hydrogen-bond donors (Lipinski definition) is 2. The van der Waals surface area contributed by atoms with Crippen molar-refractivity contribution >= 4 is 23.0 Å². The summed E-state index contributed by atoms with van der Waals surface area (Å²) in [5, 5.41) is 10.2. The third-order valence-corrected chi connectivity index (χ3v) is 2.08. The minimum atomic E-state index is -0.0497. The maximum absolute atomic E-state index is 5.13. The van der Waals surface area contributed by atoms with E-state index >= 15 is 0 Å². The van der Waals surface area contributed by atoms with Gasteiger partial charge in [-0.1, -0.05) is 0 Å². The van der Waals surface area contributed by atoms with Gasteiger partial charge < -0.3 is 11.5 Å². The molecule has 0 bridgehead atoms. The maximum Gasteiger partial charge on any atom is 0.211 e. The highest BCUT2D eigenvalue weighted by Gasteiger charge is 2.00. The fourth-order valence-electron chi connectivity index (χ4n) is 0.714. The second kappa shape index (κ2) is 3.99. The molecule has 0 aliphatic rings. The predicted octanol–water partition coefficient (Wildman–Crippen LogP) is 0.449. The molecule has 13 heavy (non-hydrogen) atoms. The number of rotatable bonds is 2. The summed E-state index contributed by atoms with van der Waals surface area (Å²) in [6.07, 6.45) is 0. The van der Waals surface area contributed by atoms with Gasteiger partial charge in [0.15, 0.2) is 0 Å². The zero-order valence-corrected chi connectivity index (χ0v) is 8.30. The van der Waals surface area contributed by atoms with E-state index in [0.29, 0.717) is 5.71 Å². The number of nitrogens with zero attached hydrogens (tertiary/aromatic N) is 3. The SMILES string of the molecule is C/C(=N\N=C(N)N)c1csc(C)n1. The van der Waals surface area contributed by atoms with Gasteiger partial charge in [0.05, 0.1) is 16.4 Å². The Morgan fingerprint density at radius 1 is 1.46 bits per heavy atom. The van der Waals surface area contributed by atoms with Crippen LogP contribution in [-0.4, -0.2) is 16.7 Å². The van der Waals surface area contributed by atoms with Crippen LogP contribution in [0.4, 0.5) is 0 Å². The van der Waals surface area contributed by atoms with Gasteiger partial charge in [-0.2, -0.15) is 5.10 Å². The van der Waals surface area contributed by atoms with Crippen molar-refractivity contribution in [1.82, 2.24) is 4.98 Å². The lowest BCUT2D eigenvalue weighted by molar-refractivity contribution is 1.18. The summed E-state index contributed by atoms with van der Waals surface area (Å²) >= 11 is 1.56. The van der Waals surface area contributed by atoms with E-state index in [-0.39, 0.29) is 5.96 Å². The van der Waals surface area contributed by atoms with Crippen molar-refractivity contribution in [3.8, 4) is 0 Å². The molecule has 0 aliphatic carbocycles. The molecule has 0 fully saturated rings. The Morgan fingerprint density at radius 3 is 2.62 bits per heavy atom. The van der Waals surface area contributed by atoms with E-state index in [2.05, 4.69) is 15.2 Å². The molecule has 1 rings (SSSR count). The normalized spacial score (nSPS) is 11.4. The van der Waals surface area contributed by atoms with Gasteiger partial charge in [-0.25, -0.2) is 4.98 Å². The Hall–Kier alpha value is -1.43. The summed E-state index contributed by atoms with van der Waals surface area (Å²) in [6.45, 7) is 3.74. The average molecular weight is 197 g/mol. The molecule has 0 amide bonds. The molecular weight excluding hydrogens is 186 g/mol. The first kappa shape index (κ1) is 9.66. The Morgan fingerprint density at radius 2 is 2.15 bits per heavy atom. The summed E-state index contributed by atoms with van der Waals surface area (Å²) in [4.78, 5) is 4.23. The van der Waals surface area contributed by atoms with Crippen LogP contribution >= 0.6 is 11.3 Å². The van der Waals surface area contributed by atoms with Crippen molar-refractivity contribution in [3.63, 3.8) is 0 Å². The average Bonchev–Trinajstić information content (AvgIpc) is 2.47. The molecule has 0 unspecified atom stereocenters. The van der Waals surface area contributed by atoms with Gasteiger partial charge in [0.2, 0.25) is 5.96 Å². The minimum Gasteiger partial charge on any atom is -0.369 e. The second-order valence-electron chi connectivity index (χ2n) is 2.46. The third kappa shape index (κ3) is 2.83. The Kier molecular flexibility index (Phi) is 2.97. The van der Waals surface area contributed by atoms with E-state index in [0.717, 1.165) is 10.7 Å². The fourth-order valence-corrected chi connectivity index (χ4v) is 1.37. The zero-order chi connectivity index (χ0) is 9.84. The highest BCUT2D eigenvalue weighted by atomic mass is 32.1. The van der Waals surface area contributed by atoms with Gasteiger partial charge in [0, 0.05) is 5.38 Å². The van der Waals surface area contributed by atoms with Crippen molar-refractivity contribution in [2.75, 3.05) is 0 Å². The summed E-state index contributed by atoms with van der Waals surface area (Å²) in [5.74, 6) is -0.0497. The minimum absolute atomic E-state index is 0.0497. The largest absolute Gasteiger partial charge is 0.369 e. The van der Waals surface area contributed by atoms with E-state index in [9.17, 15) is 0 Å². The number of nitrogens with two attached hydrogens (primary N) is 2. The molecular formula is C7H11N5S. The molecule has 0 radical (unpaired) electrons. The van der Waals surface area contributed by atoms with Crippen LogP contribution in [0.5, 0.6) is 0 Å². The van der Waals surface area contributed by atoms with Gasteiger partial charge in [0.25, 0.3) is 0 Å². The van der Waals surface area contributed by atoms with Crippen molar-refractivity contribution in [2.45, 2.75) is 13.8 Å². The molecule has 0 saturated heterocycles. The number of aromatic nitrogens is 1. The van der Waals surface area contributed by atoms with E-state index in [4.69, 9.17) is 11.5 Å². The van der Waals surface area contributed by atoms with Gasteiger partial charge in [-0.3, -0.25) is 0 Å². The molecule has 70 valence electrons. The monoisotopic (exact) mass is 197 g/mol. The molecule has 5 nitrogen and oxygen atoms in total. The van der Waals surface area contributed by atoms with Crippen molar-refractivity contribution in [2.24, 2.45) is 21.7 Å². The first-order chi connectivity index (χ1) is 6.09. The highest BCUT2D eigenvalue weighted by Crippen LogP contribution is 2.08. The van der Waals surface area contributed by atoms with Crippen LogP contribution in [0.1, 0.15) is 17.6 Å². The summed E-state index contributed by atoms with van der Waals surface area (Å²) in [5.41, 5.74) is 11.8. The van der Waals surface area contributed by atoms with Crippen LogP contribution in [-0.2, 0) is 0 Å². The lowest BCUT2D eigenvalue weighted by Gasteiger charge is -1.90. The van der Waals surface area contributed by atoms with E-state index in [1.807, 2.05) is 12.3 Å². The van der Waals surface area contributed by atoms with Crippen LogP contribution in [0, 0.1) is 6.92 Å². The van der Waals surface area contributed by atoms with Crippen molar-refractivity contribution < 1.29 is 0 Å². The quantitative estimate of drug-likeness (QED) is 0.409. The summed E-state index contributed by atoms with van der Waals surface area (Å²) < 4.78 is 0. The molecule has 0 saturated carbocycles. The van der Waals surface area contributed by atoms with E-state index in [1.165, 1.54) is 0 Å². The van der Waals surface area contributed by atoms with Crippen LogP contribution in [0.3, 0.4) is 0 Å². The molecule has 1 aromatic rings. The van der Waals surface area contributed by atoms with Crippen LogP contribution < -0.4 is 11.5 Å². The van der Waals surface area contributed by atoms with Gasteiger partial charge in [0.1, 0.15) is 0 Å². The van der Waals surface area contributed by atoms with Crippen molar-refractivity contribution in [3.05, 3.63) is 16.1 Å². The van der Waals surface area contributed by atoms with Crippen LogP contribution in [0.25, 0.3) is 0 Å². The topological polar surface area (TPSA) is 89.6 Å². The molecule has 4 N–H and O–H groups in total. The standard InChI is InChI=1S/C7H11N5S/c1-4(11-12-7(8)9)6-3-13-5(2)10-6/h3H,1-2H3,(H4,8,9,12)/b11-4+. The number of guanidine groups is 1. The van der Waals surface area contributed by atoms with Crippen LogP contribution in [0.15, 0.2) is 15.6 Å². The second-order valence-corrected chi connectivity index (χ2v) is 3.52. The summed E-state index contributed by atoms with van der Waals surface area (Å²) in [7, 11) is 0. The van der Waals surface area contributed by atoms with Gasteiger partial charge in [-0.15, -0.1) is 16.4 Å². The molecule has 6 heteroatoms. The Labute approximate surface area is 80.2 Å². The van der Waals surface area contributed by atoms with Gasteiger partial charge in [-0.05, 0) is 13.8 Å². The Bertz CT molecular complexity index is 348. The number of thiazole rings is 1. The molecule has 1 aromatic heterocycles. The zero-order valence-electron chi connectivity index (χ0n) is 7.48. The molecule has 0 atom stereocenters. The lowest BCUT2D eigenvalue weighted by Crippen LogP contribution is -2.22. The number of hydrogen-bond acceptors (Lipinski definition) is 4. The maximum atomic E-state index is 5.13. The van der Waals surface area contributed by atoms with Crippen LogP contribution in [0.2, 0.25) is 0 Å². The smallest absolute Gasteiger partial charge is 0.211 e. The first-order valence-electron chi connectivity index (χ1n) is 3.65. The molecule has 1 heterocycles. The van der Waals surface area contributed by atoms with E-state index in [1.54, 1.807) is 18.3 Å². The molecule has 0 aromatic carbocycles. The summed E-state index contributed by atoms with van der Waals surface area (Å²) in [6, 6.07) is 0. The number of aryl methyl sites for hydroxylation is 1. The van der Waals surface area contributed by atoms with E-state index < -0.39 is 0 Å².